The molecule has 2 aromatic carbocycles. The van der Waals surface area contributed by atoms with Crippen LogP contribution in [0.1, 0.15) is 36.8 Å². The van der Waals surface area contributed by atoms with Crippen molar-refractivity contribution in [3.63, 3.8) is 0 Å². The van der Waals surface area contributed by atoms with Gasteiger partial charge in [0.25, 0.3) is 0 Å². The van der Waals surface area contributed by atoms with Crippen LogP contribution in [0.5, 0.6) is 0 Å². The third kappa shape index (κ3) is 4.00. The largest absolute Gasteiger partial charge is 0.312 e. The molecule has 1 heterocycles. The van der Waals surface area contributed by atoms with Crippen LogP contribution >= 0.6 is 0 Å². The summed E-state index contributed by atoms with van der Waals surface area (Å²) in [5.74, 6) is 0.236. The molecule has 1 fully saturated rings. The molecule has 0 bridgehead atoms. The van der Waals surface area contributed by atoms with Gasteiger partial charge in [-0.1, -0.05) is 49.2 Å². The number of rotatable bonds is 5. The Balaban J connectivity index is 1.52. The van der Waals surface area contributed by atoms with Crippen LogP contribution in [-0.4, -0.2) is 20.9 Å². The van der Waals surface area contributed by atoms with Crippen molar-refractivity contribution >= 4 is 27.3 Å². The lowest BCUT2D eigenvalue weighted by Gasteiger charge is -2.21. The molecule has 1 aliphatic carbocycles. The van der Waals surface area contributed by atoms with Gasteiger partial charge in [0.1, 0.15) is 0 Å². The molecule has 142 valence electrons. The Kier molecular flexibility index (Phi) is 4.91. The third-order valence-corrected chi connectivity index (χ3v) is 6.68. The van der Waals surface area contributed by atoms with Gasteiger partial charge in [-0.3, -0.25) is 9.52 Å². The predicted octanol–water partition coefficient (Wildman–Crippen LogP) is 3.71. The smallest absolute Gasteiger partial charge is 0.236 e. The van der Waals surface area contributed by atoms with E-state index in [2.05, 4.69) is 4.72 Å². The summed E-state index contributed by atoms with van der Waals surface area (Å²) in [5.41, 5.74) is 3.21. The highest BCUT2D eigenvalue weighted by molar-refractivity contribution is 7.91. The van der Waals surface area contributed by atoms with E-state index >= 15 is 0 Å². The van der Waals surface area contributed by atoms with Crippen LogP contribution in [0.3, 0.4) is 0 Å². The van der Waals surface area contributed by atoms with E-state index in [0.29, 0.717) is 12.2 Å². The van der Waals surface area contributed by atoms with Crippen molar-refractivity contribution in [1.82, 2.24) is 0 Å². The number of amides is 1. The molecular weight excluding hydrogens is 360 g/mol. The summed E-state index contributed by atoms with van der Waals surface area (Å²) in [6.07, 6.45) is 5.00. The summed E-state index contributed by atoms with van der Waals surface area (Å²) < 4.78 is 27.7. The van der Waals surface area contributed by atoms with E-state index in [1.54, 1.807) is 24.3 Å². The van der Waals surface area contributed by atoms with Gasteiger partial charge in [-0.15, -0.1) is 0 Å². The van der Waals surface area contributed by atoms with Crippen molar-refractivity contribution in [2.75, 3.05) is 16.2 Å². The average molecular weight is 385 g/mol. The van der Waals surface area contributed by atoms with Crippen molar-refractivity contribution in [2.24, 2.45) is 5.92 Å². The van der Waals surface area contributed by atoms with Crippen LogP contribution in [-0.2, 0) is 27.0 Å². The summed E-state index contributed by atoms with van der Waals surface area (Å²) in [6, 6.07) is 14.6. The number of sulfonamides is 1. The summed E-state index contributed by atoms with van der Waals surface area (Å²) in [4.78, 5) is 14.7. The first kappa shape index (κ1) is 18.0. The van der Waals surface area contributed by atoms with E-state index in [9.17, 15) is 13.2 Å². The van der Waals surface area contributed by atoms with E-state index in [-0.39, 0.29) is 17.6 Å². The highest BCUT2D eigenvalue weighted by Crippen LogP contribution is 2.35. The van der Waals surface area contributed by atoms with E-state index in [0.717, 1.165) is 48.9 Å². The number of carbonyl (C=O) groups excluding carboxylic acids is 1. The van der Waals surface area contributed by atoms with Crippen molar-refractivity contribution < 1.29 is 13.2 Å². The van der Waals surface area contributed by atoms with Gasteiger partial charge >= 0.3 is 0 Å². The first-order valence-corrected chi connectivity index (χ1v) is 11.2. The number of hydrogen-bond acceptors (Lipinski definition) is 3. The first-order chi connectivity index (χ1) is 13.0. The molecule has 1 amide bonds. The molecule has 2 aromatic rings. The minimum atomic E-state index is -3.51. The van der Waals surface area contributed by atoms with Crippen LogP contribution < -0.4 is 9.62 Å². The molecule has 0 saturated heterocycles. The maximum Gasteiger partial charge on any atom is 0.236 e. The number of fused-ring (bicyclic) bond motifs is 1. The molecule has 0 spiro atoms. The van der Waals surface area contributed by atoms with Crippen molar-refractivity contribution in [3.8, 4) is 0 Å². The normalized spacial score (nSPS) is 17.1. The Morgan fingerprint density at radius 2 is 1.81 bits per heavy atom. The molecule has 27 heavy (non-hydrogen) atoms. The molecule has 5 nitrogen and oxygen atoms in total. The number of nitrogens with zero attached hydrogens (tertiary/aromatic N) is 1. The second-order valence-corrected chi connectivity index (χ2v) is 9.13. The molecule has 1 N–H and O–H groups in total. The van der Waals surface area contributed by atoms with Gasteiger partial charge in [-0.25, -0.2) is 8.42 Å². The van der Waals surface area contributed by atoms with Gasteiger partial charge in [-0.05, 0) is 42.5 Å². The van der Waals surface area contributed by atoms with Crippen molar-refractivity contribution in [3.05, 3.63) is 59.7 Å². The number of benzene rings is 2. The van der Waals surface area contributed by atoms with Crippen LogP contribution in [0, 0.1) is 5.92 Å². The zero-order chi connectivity index (χ0) is 18.9. The summed E-state index contributed by atoms with van der Waals surface area (Å²) in [6.45, 7) is 0.685. The van der Waals surface area contributed by atoms with E-state index in [1.807, 2.05) is 29.2 Å². The Morgan fingerprint density at radius 3 is 2.56 bits per heavy atom. The highest BCUT2D eigenvalue weighted by atomic mass is 32.2. The molecule has 0 aromatic heterocycles. The second-order valence-electron chi connectivity index (χ2n) is 7.41. The molecule has 0 radical (unpaired) electrons. The van der Waals surface area contributed by atoms with Gasteiger partial charge in [-0.2, -0.15) is 0 Å². The topological polar surface area (TPSA) is 66.5 Å². The van der Waals surface area contributed by atoms with Gasteiger partial charge in [0, 0.05) is 18.2 Å². The molecule has 1 aliphatic heterocycles. The van der Waals surface area contributed by atoms with Crippen molar-refractivity contribution in [1.29, 1.82) is 0 Å². The van der Waals surface area contributed by atoms with Crippen LogP contribution in [0.25, 0.3) is 0 Å². The predicted molar refractivity (Wildman–Crippen MR) is 107 cm³/mol. The molecule has 0 atom stereocenters. The van der Waals surface area contributed by atoms with Gasteiger partial charge in [0.05, 0.1) is 11.4 Å². The monoisotopic (exact) mass is 384 g/mol. The lowest BCUT2D eigenvalue weighted by atomic mass is 10.1. The number of carbonyl (C=O) groups is 1. The fraction of sp³-hybridized carbons (Fsp3) is 0.381. The summed E-state index contributed by atoms with van der Waals surface area (Å²) in [7, 11) is -3.51. The Hall–Kier alpha value is -2.34. The number of anilines is 2. The lowest BCUT2D eigenvalue weighted by Crippen LogP contribution is -2.33. The van der Waals surface area contributed by atoms with Crippen molar-refractivity contribution in [2.45, 2.75) is 37.9 Å². The lowest BCUT2D eigenvalue weighted by molar-refractivity contribution is -0.122. The minimum Gasteiger partial charge on any atom is -0.312 e. The highest BCUT2D eigenvalue weighted by Gasteiger charge is 2.32. The van der Waals surface area contributed by atoms with E-state index < -0.39 is 10.0 Å². The molecule has 1 saturated carbocycles. The summed E-state index contributed by atoms with van der Waals surface area (Å²) in [5, 5.41) is 0. The minimum absolute atomic E-state index is 0.0738. The van der Waals surface area contributed by atoms with E-state index in [4.69, 9.17) is 0 Å². The second kappa shape index (κ2) is 7.35. The zero-order valence-electron chi connectivity index (χ0n) is 15.2. The molecule has 6 heteroatoms. The van der Waals surface area contributed by atoms with Gasteiger partial charge in [0.2, 0.25) is 15.9 Å². The fourth-order valence-corrected chi connectivity index (χ4v) is 5.26. The standard InChI is InChI=1S/C21H24N2O3S/c24-21(18-8-4-5-9-18)23-13-12-17-10-11-19(14-20(17)23)22-27(25,26)15-16-6-2-1-3-7-16/h1-3,6-7,10-11,14,18,22H,4-5,8-9,12-13,15H2. The number of hydrogen-bond donors (Lipinski definition) is 1. The van der Waals surface area contributed by atoms with Gasteiger partial charge in [0.15, 0.2) is 0 Å². The maximum absolute atomic E-state index is 12.8. The zero-order valence-corrected chi connectivity index (χ0v) is 16.0. The van der Waals surface area contributed by atoms with Crippen LogP contribution in [0.15, 0.2) is 48.5 Å². The van der Waals surface area contributed by atoms with Crippen LogP contribution in [0.4, 0.5) is 11.4 Å². The SMILES string of the molecule is O=C(C1CCCC1)N1CCc2ccc(NS(=O)(=O)Cc3ccccc3)cc21. The Morgan fingerprint density at radius 1 is 1.07 bits per heavy atom. The van der Waals surface area contributed by atoms with E-state index in [1.165, 1.54) is 0 Å². The summed E-state index contributed by atoms with van der Waals surface area (Å²) >= 11 is 0. The molecule has 0 unspecified atom stereocenters. The van der Waals surface area contributed by atoms with Crippen LogP contribution in [0.2, 0.25) is 0 Å². The first-order valence-electron chi connectivity index (χ1n) is 9.50. The Labute approximate surface area is 160 Å². The molecular formula is C21H24N2O3S. The third-order valence-electron chi connectivity index (χ3n) is 5.42. The average Bonchev–Trinajstić information content (AvgIpc) is 3.31. The fourth-order valence-electron chi connectivity index (χ4n) is 4.07. The maximum atomic E-state index is 12.8. The number of nitrogens with one attached hydrogen (secondary N) is 1. The molecule has 4 rings (SSSR count). The molecule has 2 aliphatic rings. The Bertz CT molecular complexity index is 935. The quantitative estimate of drug-likeness (QED) is 0.855. The van der Waals surface area contributed by atoms with Gasteiger partial charge < -0.3 is 4.90 Å².